The molecule has 4 rings (SSSR count). The highest BCUT2D eigenvalue weighted by molar-refractivity contribution is 7.10. The van der Waals surface area contributed by atoms with Crippen LogP contribution in [0, 0.1) is 0 Å². The zero-order chi connectivity index (χ0) is 12.7. The molecule has 0 bridgehead atoms. The van der Waals surface area contributed by atoms with Crippen LogP contribution < -0.4 is 5.32 Å². The summed E-state index contributed by atoms with van der Waals surface area (Å²) in [6.45, 7) is 7.42. The van der Waals surface area contributed by atoms with E-state index in [9.17, 15) is 0 Å². The van der Waals surface area contributed by atoms with E-state index in [1.807, 2.05) is 11.3 Å². The number of hydrogen-bond acceptors (Lipinski definition) is 4. The Morgan fingerprint density at radius 1 is 1.16 bits per heavy atom. The molecule has 1 aromatic heterocycles. The quantitative estimate of drug-likeness (QED) is 0.888. The summed E-state index contributed by atoms with van der Waals surface area (Å²) in [5.74, 6) is 0. The first-order valence-corrected chi connectivity index (χ1v) is 8.55. The Hall–Kier alpha value is -0.420. The van der Waals surface area contributed by atoms with Crippen LogP contribution in [0.4, 0.5) is 0 Å². The lowest BCUT2D eigenvalue weighted by atomic mass is 9.89. The van der Waals surface area contributed by atoms with Crippen molar-refractivity contribution in [1.29, 1.82) is 0 Å². The lowest BCUT2D eigenvalue weighted by Gasteiger charge is -2.50. The van der Waals surface area contributed by atoms with Crippen LogP contribution in [-0.2, 0) is 6.42 Å². The first kappa shape index (κ1) is 12.3. The fraction of sp³-hybridized carbons (Fsp3) is 0.733. The van der Waals surface area contributed by atoms with E-state index < -0.39 is 0 Å². The first-order valence-electron chi connectivity index (χ1n) is 7.67. The third kappa shape index (κ3) is 2.25. The van der Waals surface area contributed by atoms with Gasteiger partial charge in [0.2, 0.25) is 0 Å². The highest BCUT2D eigenvalue weighted by Crippen LogP contribution is 2.39. The van der Waals surface area contributed by atoms with Gasteiger partial charge in [-0.05, 0) is 36.3 Å². The van der Waals surface area contributed by atoms with Crippen molar-refractivity contribution in [2.24, 2.45) is 0 Å². The van der Waals surface area contributed by atoms with Crippen molar-refractivity contribution in [3.8, 4) is 0 Å². The number of likely N-dealkylation sites (tertiary alicyclic amines) is 1. The van der Waals surface area contributed by atoms with Gasteiger partial charge in [0.1, 0.15) is 0 Å². The van der Waals surface area contributed by atoms with Crippen molar-refractivity contribution in [1.82, 2.24) is 15.1 Å². The van der Waals surface area contributed by atoms with Gasteiger partial charge in [-0.3, -0.25) is 9.80 Å². The van der Waals surface area contributed by atoms with Crippen molar-refractivity contribution in [2.75, 3.05) is 39.3 Å². The maximum atomic E-state index is 3.45. The summed E-state index contributed by atoms with van der Waals surface area (Å²) in [6, 6.07) is 3.93. The van der Waals surface area contributed by atoms with Gasteiger partial charge in [0, 0.05) is 56.2 Å². The molecule has 0 amide bonds. The summed E-state index contributed by atoms with van der Waals surface area (Å²) in [7, 11) is 0. The normalized spacial score (nSPS) is 30.0. The molecule has 0 saturated carbocycles. The number of thiophene rings is 1. The Morgan fingerprint density at radius 2 is 2.00 bits per heavy atom. The van der Waals surface area contributed by atoms with Crippen LogP contribution >= 0.6 is 11.3 Å². The van der Waals surface area contributed by atoms with Crippen LogP contribution in [0.15, 0.2) is 11.4 Å². The average Bonchev–Trinajstić information content (AvgIpc) is 2.87. The fourth-order valence-corrected chi connectivity index (χ4v) is 4.84. The van der Waals surface area contributed by atoms with Gasteiger partial charge < -0.3 is 5.32 Å². The Labute approximate surface area is 119 Å². The molecule has 1 aromatic rings. The number of nitrogens with one attached hydrogen (secondary N) is 1. The third-order valence-electron chi connectivity index (χ3n) is 5.02. The van der Waals surface area contributed by atoms with Crippen molar-refractivity contribution < 1.29 is 0 Å². The van der Waals surface area contributed by atoms with Gasteiger partial charge in [0.25, 0.3) is 0 Å². The van der Waals surface area contributed by atoms with Gasteiger partial charge in [0.15, 0.2) is 0 Å². The molecule has 3 aliphatic rings. The highest BCUT2D eigenvalue weighted by Gasteiger charge is 2.38. The number of piperazine rings is 1. The molecule has 3 nitrogen and oxygen atoms in total. The maximum Gasteiger partial charge on any atom is 0.0360 e. The van der Waals surface area contributed by atoms with E-state index in [0.717, 1.165) is 12.1 Å². The van der Waals surface area contributed by atoms with E-state index in [4.69, 9.17) is 0 Å². The van der Waals surface area contributed by atoms with E-state index >= 15 is 0 Å². The molecular formula is C15H23N3S. The molecule has 2 fully saturated rings. The molecule has 0 aromatic carbocycles. The molecule has 1 unspecified atom stereocenters. The van der Waals surface area contributed by atoms with Gasteiger partial charge in [-0.25, -0.2) is 0 Å². The predicted molar refractivity (Wildman–Crippen MR) is 79.8 cm³/mol. The van der Waals surface area contributed by atoms with Gasteiger partial charge in [0.05, 0.1) is 0 Å². The van der Waals surface area contributed by atoms with Crippen molar-refractivity contribution in [3.63, 3.8) is 0 Å². The summed E-state index contributed by atoms with van der Waals surface area (Å²) in [5.41, 5.74) is 1.65. The van der Waals surface area contributed by atoms with E-state index in [1.165, 1.54) is 58.5 Å². The number of rotatable bonds is 2. The molecule has 0 radical (unpaired) electrons. The monoisotopic (exact) mass is 277 g/mol. The second-order valence-electron chi connectivity index (χ2n) is 6.10. The van der Waals surface area contributed by atoms with Crippen LogP contribution in [0.5, 0.6) is 0 Å². The van der Waals surface area contributed by atoms with Crippen molar-refractivity contribution in [3.05, 3.63) is 21.9 Å². The zero-order valence-corrected chi connectivity index (χ0v) is 12.3. The minimum Gasteiger partial charge on any atom is -0.314 e. The first-order chi connectivity index (χ1) is 9.42. The maximum absolute atomic E-state index is 3.45. The van der Waals surface area contributed by atoms with E-state index in [0.29, 0.717) is 0 Å². The molecule has 1 N–H and O–H groups in total. The smallest absolute Gasteiger partial charge is 0.0360 e. The molecule has 3 heterocycles. The Balaban J connectivity index is 1.39. The summed E-state index contributed by atoms with van der Waals surface area (Å²) in [6.07, 6.45) is 4.07. The standard InChI is InChI=1S/C15H23N3S/c1-2-14(13-4-9-19-15(13)3-1)18-10-12(11-18)17-7-5-16-6-8-17/h4,9,12,14,16H,1-3,5-8,10-11H2. The summed E-state index contributed by atoms with van der Waals surface area (Å²) in [4.78, 5) is 7.06. The lowest BCUT2D eigenvalue weighted by Crippen LogP contribution is -2.63. The molecule has 2 aliphatic heterocycles. The highest BCUT2D eigenvalue weighted by atomic mass is 32.1. The SMILES string of the molecule is c1cc2c(s1)CCCC2N1CC(N2CCNCC2)C1. The molecule has 0 spiro atoms. The van der Waals surface area contributed by atoms with E-state index in [-0.39, 0.29) is 0 Å². The molecule has 2 saturated heterocycles. The average molecular weight is 277 g/mol. The number of nitrogens with zero attached hydrogens (tertiary/aromatic N) is 2. The van der Waals surface area contributed by atoms with Crippen LogP contribution in [0.2, 0.25) is 0 Å². The molecule has 1 atom stereocenters. The van der Waals surface area contributed by atoms with E-state index in [2.05, 4.69) is 26.6 Å². The van der Waals surface area contributed by atoms with Gasteiger partial charge >= 0.3 is 0 Å². The minimum atomic E-state index is 0.731. The number of hydrogen-bond donors (Lipinski definition) is 1. The van der Waals surface area contributed by atoms with Gasteiger partial charge in [-0.1, -0.05) is 0 Å². The molecular weight excluding hydrogens is 254 g/mol. The van der Waals surface area contributed by atoms with Gasteiger partial charge in [-0.15, -0.1) is 11.3 Å². The second-order valence-corrected chi connectivity index (χ2v) is 7.10. The Kier molecular flexibility index (Phi) is 3.35. The zero-order valence-electron chi connectivity index (χ0n) is 11.5. The molecule has 104 valence electrons. The number of aryl methyl sites for hydroxylation is 1. The molecule has 1 aliphatic carbocycles. The van der Waals surface area contributed by atoms with Crippen LogP contribution in [0.1, 0.15) is 29.3 Å². The third-order valence-corrected chi connectivity index (χ3v) is 6.02. The largest absolute Gasteiger partial charge is 0.314 e. The Bertz CT molecular complexity index is 432. The van der Waals surface area contributed by atoms with Crippen molar-refractivity contribution in [2.45, 2.75) is 31.3 Å². The van der Waals surface area contributed by atoms with Crippen LogP contribution in [0.3, 0.4) is 0 Å². The van der Waals surface area contributed by atoms with Crippen LogP contribution in [-0.4, -0.2) is 55.1 Å². The minimum absolute atomic E-state index is 0.731. The summed E-state index contributed by atoms with van der Waals surface area (Å²) < 4.78 is 0. The number of fused-ring (bicyclic) bond motifs is 1. The second kappa shape index (κ2) is 5.17. The van der Waals surface area contributed by atoms with E-state index in [1.54, 1.807) is 10.4 Å². The van der Waals surface area contributed by atoms with Crippen LogP contribution in [0.25, 0.3) is 0 Å². The topological polar surface area (TPSA) is 18.5 Å². The Morgan fingerprint density at radius 3 is 2.84 bits per heavy atom. The fourth-order valence-electron chi connectivity index (χ4n) is 3.86. The van der Waals surface area contributed by atoms with Crippen molar-refractivity contribution >= 4 is 11.3 Å². The molecule has 19 heavy (non-hydrogen) atoms. The predicted octanol–water partition coefficient (Wildman–Crippen LogP) is 1.71. The lowest BCUT2D eigenvalue weighted by molar-refractivity contribution is -0.00551. The van der Waals surface area contributed by atoms with Gasteiger partial charge in [-0.2, -0.15) is 0 Å². The summed E-state index contributed by atoms with van der Waals surface area (Å²) in [5, 5.41) is 5.74. The summed E-state index contributed by atoms with van der Waals surface area (Å²) >= 11 is 1.96. The molecule has 4 heteroatoms.